The van der Waals surface area contributed by atoms with Gasteiger partial charge in [0, 0.05) is 19.2 Å². The number of ether oxygens (including phenoxy) is 1. The molecule has 1 aromatic heterocycles. The third-order valence-corrected chi connectivity index (χ3v) is 5.25. The van der Waals surface area contributed by atoms with Gasteiger partial charge in [0.05, 0.1) is 25.3 Å². The highest BCUT2D eigenvalue weighted by Crippen LogP contribution is 2.16. The molecule has 1 unspecified atom stereocenters. The Bertz CT molecular complexity index is 814. The lowest BCUT2D eigenvalue weighted by Gasteiger charge is -2.31. The molecule has 1 aliphatic heterocycles. The quantitative estimate of drug-likeness (QED) is 0.629. The van der Waals surface area contributed by atoms with Gasteiger partial charge in [-0.25, -0.2) is 4.39 Å². The molecule has 7 heteroatoms. The number of rotatable bonds is 9. The summed E-state index contributed by atoms with van der Waals surface area (Å²) in [5, 5.41) is 0. The molecule has 0 bridgehead atoms. The summed E-state index contributed by atoms with van der Waals surface area (Å²) in [6, 6.07) is 9.32. The molecule has 0 spiro atoms. The van der Waals surface area contributed by atoms with Gasteiger partial charge in [0.1, 0.15) is 18.1 Å². The standard InChI is InChI=1S/C23H29FN2O4/c1-17(2)26(22(27)13-18-7-9-19(24)10-8-18)16-23(28)25(14-20-5-3-11-29-20)15-21-6-4-12-30-21/h3,5,7-11,17,21H,4,6,12-16H2,1-2H3. The number of carbonyl (C=O) groups is 2. The van der Waals surface area contributed by atoms with Crippen molar-refractivity contribution in [2.45, 2.75) is 51.8 Å². The highest BCUT2D eigenvalue weighted by molar-refractivity contribution is 5.86. The number of hydrogen-bond donors (Lipinski definition) is 0. The lowest BCUT2D eigenvalue weighted by molar-refractivity contribution is -0.143. The first-order chi connectivity index (χ1) is 14.4. The first-order valence-corrected chi connectivity index (χ1v) is 10.4. The van der Waals surface area contributed by atoms with Crippen LogP contribution >= 0.6 is 0 Å². The Kier molecular flexibility index (Phi) is 7.63. The molecule has 1 aromatic carbocycles. The second-order valence-corrected chi connectivity index (χ2v) is 7.91. The fourth-order valence-corrected chi connectivity index (χ4v) is 3.56. The summed E-state index contributed by atoms with van der Waals surface area (Å²) in [6.07, 6.45) is 3.61. The van der Waals surface area contributed by atoms with Crippen LogP contribution in [-0.2, 0) is 27.3 Å². The van der Waals surface area contributed by atoms with Crippen LogP contribution in [0.5, 0.6) is 0 Å². The number of furan rings is 1. The van der Waals surface area contributed by atoms with E-state index >= 15 is 0 Å². The van der Waals surface area contributed by atoms with Gasteiger partial charge < -0.3 is 19.0 Å². The van der Waals surface area contributed by atoms with E-state index in [2.05, 4.69) is 0 Å². The molecule has 0 saturated carbocycles. The molecule has 2 heterocycles. The summed E-state index contributed by atoms with van der Waals surface area (Å²) >= 11 is 0. The van der Waals surface area contributed by atoms with Crippen LogP contribution in [0.25, 0.3) is 0 Å². The maximum atomic E-state index is 13.2. The molecule has 1 saturated heterocycles. The van der Waals surface area contributed by atoms with E-state index in [-0.39, 0.29) is 42.7 Å². The van der Waals surface area contributed by atoms with Crippen LogP contribution in [0, 0.1) is 5.82 Å². The molecular formula is C23H29FN2O4. The molecule has 0 aliphatic carbocycles. The van der Waals surface area contributed by atoms with Crippen molar-refractivity contribution in [2.75, 3.05) is 19.7 Å². The van der Waals surface area contributed by atoms with Gasteiger partial charge in [-0.2, -0.15) is 0 Å². The maximum absolute atomic E-state index is 13.2. The number of halogens is 1. The molecule has 2 amide bonds. The zero-order valence-corrected chi connectivity index (χ0v) is 17.6. The minimum atomic E-state index is -0.343. The van der Waals surface area contributed by atoms with Gasteiger partial charge in [-0.15, -0.1) is 0 Å². The van der Waals surface area contributed by atoms with E-state index < -0.39 is 0 Å². The number of hydrogen-bond acceptors (Lipinski definition) is 4. The number of amides is 2. The second kappa shape index (κ2) is 10.4. The van der Waals surface area contributed by atoms with Crippen LogP contribution in [0.3, 0.4) is 0 Å². The fourth-order valence-electron chi connectivity index (χ4n) is 3.56. The van der Waals surface area contributed by atoms with Crippen molar-refractivity contribution in [1.29, 1.82) is 0 Å². The highest BCUT2D eigenvalue weighted by Gasteiger charge is 2.27. The summed E-state index contributed by atoms with van der Waals surface area (Å²) in [4.78, 5) is 29.3. The molecule has 2 aromatic rings. The Morgan fingerprint density at radius 1 is 1.17 bits per heavy atom. The lowest BCUT2D eigenvalue weighted by atomic mass is 10.1. The summed E-state index contributed by atoms with van der Waals surface area (Å²) in [6.45, 7) is 5.26. The van der Waals surface area contributed by atoms with Gasteiger partial charge in [-0.1, -0.05) is 12.1 Å². The van der Waals surface area contributed by atoms with Crippen molar-refractivity contribution in [3.05, 3.63) is 59.8 Å². The lowest BCUT2D eigenvalue weighted by Crippen LogP contribution is -2.47. The predicted octanol–water partition coefficient (Wildman–Crippen LogP) is 3.41. The van der Waals surface area contributed by atoms with Crippen LogP contribution in [0.4, 0.5) is 4.39 Å². The van der Waals surface area contributed by atoms with Crippen molar-refractivity contribution >= 4 is 11.8 Å². The van der Waals surface area contributed by atoms with Crippen LogP contribution in [0.2, 0.25) is 0 Å². The molecule has 0 N–H and O–H groups in total. The smallest absolute Gasteiger partial charge is 0.242 e. The van der Waals surface area contributed by atoms with Gasteiger partial charge in [-0.3, -0.25) is 9.59 Å². The predicted molar refractivity (Wildman–Crippen MR) is 110 cm³/mol. The van der Waals surface area contributed by atoms with Gasteiger partial charge >= 0.3 is 0 Å². The van der Waals surface area contributed by atoms with E-state index in [1.807, 2.05) is 19.9 Å². The monoisotopic (exact) mass is 416 g/mol. The number of nitrogens with zero attached hydrogens (tertiary/aromatic N) is 2. The normalized spacial score (nSPS) is 16.1. The Morgan fingerprint density at radius 3 is 2.53 bits per heavy atom. The van der Waals surface area contributed by atoms with Crippen molar-refractivity contribution in [3.8, 4) is 0 Å². The van der Waals surface area contributed by atoms with Crippen molar-refractivity contribution in [2.24, 2.45) is 0 Å². The Balaban J connectivity index is 1.67. The minimum absolute atomic E-state index is 0.00586. The van der Waals surface area contributed by atoms with E-state index in [0.29, 0.717) is 31.0 Å². The van der Waals surface area contributed by atoms with E-state index in [4.69, 9.17) is 9.15 Å². The topological polar surface area (TPSA) is 63.0 Å². The van der Waals surface area contributed by atoms with Gasteiger partial charge in [-0.05, 0) is 56.5 Å². The second-order valence-electron chi connectivity index (χ2n) is 7.91. The molecular weight excluding hydrogens is 387 g/mol. The van der Waals surface area contributed by atoms with Crippen LogP contribution in [0.1, 0.15) is 38.0 Å². The zero-order valence-electron chi connectivity index (χ0n) is 17.6. The first-order valence-electron chi connectivity index (χ1n) is 10.4. The molecule has 1 aliphatic rings. The van der Waals surface area contributed by atoms with E-state index in [1.54, 1.807) is 34.3 Å². The number of benzene rings is 1. The van der Waals surface area contributed by atoms with E-state index in [1.165, 1.54) is 12.1 Å². The average Bonchev–Trinajstić information content (AvgIpc) is 3.41. The maximum Gasteiger partial charge on any atom is 0.242 e. The molecule has 30 heavy (non-hydrogen) atoms. The van der Waals surface area contributed by atoms with Crippen LogP contribution < -0.4 is 0 Å². The van der Waals surface area contributed by atoms with Crippen LogP contribution in [-0.4, -0.2) is 53.5 Å². The zero-order chi connectivity index (χ0) is 21.5. The number of carbonyl (C=O) groups excluding carboxylic acids is 2. The third kappa shape index (κ3) is 6.16. The van der Waals surface area contributed by atoms with Crippen molar-refractivity contribution in [1.82, 2.24) is 9.80 Å². The summed E-state index contributed by atoms with van der Waals surface area (Å²) in [5.74, 6) is 0.0305. The van der Waals surface area contributed by atoms with Crippen molar-refractivity contribution in [3.63, 3.8) is 0 Å². The average molecular weight is 416 g/mol. The molecule has 1 atom stereocenters. The van der Waals surface area contributed by atoms with Crippen LogP contribution in [0.15, 0.2) is 47.1 Å². The van der Waals surface area contributed by atoms with Gasteiger partial charge in [0.2, 0.25) is 11.8 Å². The highest BCUT2D eigenvalue weighted by atomic mass is 19.1. The fraction of sp³-hybridized carbons (Fsp3) is 0.478. The molecule has 6 nitrogen and oxygen atoms in total. The Labute approximate surface area is 176 Å². The van der Waals surface area contributed by atoms with Gasteiger partial charge in [0.15, 0.2) is 0 Å². The van der Waals surface area contributed by atoms with E-state index in [9.17, 15) is 14.0 Å². The minimum Gasteiger partial charge on any atom is -0.467 e. The molecule has 162 valence electrons. The summed E-state index contributed by atoms with van der Waals surface area (Å²) in [7, 11) is 0. The van der Waals surface area contributed by atoms with Gasteiger partial charge in [0.25, 0.3) is 0 Å². The van der Waals surface area contributed by atoms with Crippen molar-refractivity contribution < 1.29 is 23.1 Å². The van der Waals surface area contributed by atoms with E-state index in [0.717, 1.165) is 12.8 Å². The first kappa shape index (κ1) is 22.0. The Morgan fingerprint density at radius 2 is 1.93 bits per heavy atom. The molecule has 3 rings (SSSR count). The largest absolute Gasteiger partial charge is 0.467 e. The Hall–Kier alpha value is -2.67. The summed E-state index contributed by atoms with van der Waals surface area (Å²) < 4.78 is 24.3. The third-order valence-electron chi connectivity index (χ3n) is 5.25. The molecule has 1 fully saturated rings. The summed E-state index contributed by atoms with van der Waals surface area (Å²) in [5.41, 5.74) is 0.714. The SMILES string of the molecule is CC(C)N(CC(=O)N(Cc1ccco1)CC1CCCO1)C(=O)Cc1ccc(F)cc1. The molecule has 0 radical (unpaired) electrons.